The predicted octanol–water partition coefficient (Wildman–Crippen LogP) is 4.82. The third kappa shape index (κ3) is 18.1. The lowest BCUT2D eigenvalue weighted by atomic mass is 10.1. The number of carbonyl (C=O) groups is 1. The lowest BCUT2D eigenvalue weighted by Crippen LogP contribution is -2.06. The van der Waals surface area contributed by atoms with Gasteiger partial charge in [0.05, 0.1) is 6.61 Å². The number of carbonyl (C=O) groups excluding carboxylic acids is 1. The van der Waals surface area contributed by atoms with Crippen molar-refractivity contribution in [2.24, 2.45) is 0 Å². The summed E-state index contributed by atoms with van der Waals surface area (Å²) in [6.45, 7) is 1.42. The van der Waals surface area contributed by atoms with E-state index in [9.17, 15) is 4.79 Å². The van der Waals surface area contributed by atoms with Gasteiger partial charge >= 0.3 is 5.43 Å². The van der Waals surface area contributed by atoms with Gasteiger partial charge in [0, 0.05) is 18.2 Å². The third-order valence-electron chi connectivity index (χ3n) is 2.89. The first-order valence-corrected chi connectivity index (χ1v) is 8.29. The fourth-order valence-corrected chi connectivity index (χ4v) is 2.14. The Morgan fingerprint density at radius 3 is 1.84 bits per heavy atom. The summed E-state index contributed by atoms with van der Waals surface area (Å²) < 4.78 is 9.85. The molecule has 0 aromatic carbocycles. The van der Waals surface area contributed by atoms with E-state index in [0.717, 1.165) is 18.8 Å². The fourth-order valence-electron chi connectivity index (χ4n) is 1.84. The molecule has 0 aliphatic carbocycles. The first-order chi connectivity index (χ1) is 9.27. The van der Waals surface area contributed by atoms with Crippen molar-refractivity contribution < 1.29 is 14.3 Å². The van der Waals surface area contributed by atoms with Gasteiger partial charge < -0.3 is 9.47 Å². The Kier molecular flexibility index (Phi) is 16.2. The van der Waals surface area contributed by atoms with Crippen LogP contribution in [0.5, 0.6) is 0 Å². The number of halogens is 1. The summed E-state index contributed by atoms with van der Waals surface area (Å²) in [5.74, 6) is 1.02. The number of thiol groups is 1. The first kappa shape index (κ1) is 19.1. The average molecular weight is 311 g/mol. The molecule has 19 heavy (non-hydrogen) atoms. The highest BCUT2D eigenvalue weighted by Crippen LogP contribution is 2.09. The number of ether oxygens (including phenoxy) is 2. The van der Waals surface area contributed by atoms with Crippen molar-refractivity contribution in [3.05, 3.63) is 0 Å². The van der Waals surface area contributed by atoms with Crippen molar-refractivity contribution in [2.75, 3.05) is 25.6 Å². The minimum Gasteiger partial charge on any atom is -0.451 e. The maximum absolute atomic E-state index is 10.2. The molecule has 0 rings (SSSR count). The van der Waals surface area contributed by atoms with Crippen LogP contribution in [0, 0.1) is 0 Å². The smallest absolute Gasteiger partial charge is 0.403 e. The molecule has 3 nitrogen and oxygen atoms in total. The Balaban J connectivity index is 2.93. The molecule has 0 radical (unpaired) electrons. The molecule has 0 aromatic rings. The quantitative estimate of drug-likeness (QED) is 0.284. The molecule has 114 valence electrons. The molecule has 0 saturated carbocycles. The first-order valence-electron chi connectivity index (χ1n) is 7.28. The van der Waals surface area contributed by atoms with Crippen molar-refractivity contribution in [1.82, 2.24) is 0 Å². The van der Waals surface area contributed by atoms with Gasteiger partial charge in [-0.25, -0.2) is 4.79 Å². The van der Waals surface area contributed by atoms with Gasteiger partial charge in [0.1, 0.15) is 6.61 Å². The van der Waals surface area contributed by atoms with Gasteiger partial charge in [-0.3, -0.25) is 0 Å². The van der Waals surface area contributed by atoms with Crippen LogP contribution >= 0.6 is 24.2 Å². The average Bonchev–Trinajstić information content (AvgIpc) is 2.39. The summed E-state index contributed by atoms with van der Waals surface area (Å²) >= 11 is 9.21. The van der Waals surface area contributed by atoms with Crippen molar-refractivity contribution in [3.63, 3.8) is 0 Å². The van der Waals surface area contributed by atoms with Crippen LogP contribution in [-0.2, 0) is 9.47 Å². The SMILES string of the molecule is O=C(Cl)OCCOCCCCCCCCCCCS. The molecule has 5 heteroatoms. The summed E-state index contributed by atoms with van der Waals surface area (Å²) in [6, 6.07) is 0. The van der Waals surface area contributed by atoms with Crippen LogP contribution in [0.25, 0.3) is 0 Å². The highest BCUT2D eigenvalue weighted by Gasteiger charge is 1.95. The lowest BCUT2D eigenvalue weighted by molar-refractivity contribution is 0.0800. The molecular weight excluding hydrogens is 284 g/mol. The Morgan fingerprint density at radius 1 is 0.789 bits per heavy atom. The van der Waals surface area contributed by atoms with E-state index >= 15 is 0 Å². The molecule has 0 bridgehead atoms. The Morgan fingerprint density at radius 2 is 1.32 bits per heavy atom. The molecule has 0 N–H and O–H groups in total. The van der Waals surface area contributed by atoms with E-state index in [-0.39, 0.29) is 6.61 Å². The summed E-state index contributed by atoms with van der Waals surface area (Å²) in [5.41, 5.74) is -0.766. The van der Waals surface area contributed by atoms with Crippen molar-refractivity contribution >= 4 is 29.7 Å². The maximum atomic E-state index is 10.2. The molecule has 0 aliphatic heterocycles. The second-order valence-electron chi connectivity index (χ2n) is 4.60. The minimum absolute atomic E-state index is 0.245. The van der Waals surface area contributed by atoms with E-state index in [1.54, 1.807) is 0 Å². The highest BCUT2D eigenvalue weighted by atomic mass is 35.5. The van der Waals surface area contributed by atoms with Crippen LogP contribution in [0.4, 0.5) is 4.79 Å². The highest BCUT2D eigenvalue weighted by molar-refractivity contribution is 7.80. The number of hydrogen-bond donors (Lipinski definition) is 1. The van der Waals surface area contributed by atoms with E-state index < -0.39 is 5.43 Å². The fraction of sp³-hybridized carbons (Fsp3) is 0.929. The zero-order chi connectivity index (χ0) is 14.2. The molecule has 0 atom stereocenters. The second-order valence-corrected chi connectivity index (χ2v) is 5.36. The van der Waals surface area contributed by atoms with Crippen LogP contribution in [0.1, 0.15) is 57.8 Å². The molecule has 0 aromatic heterocycles. The molecule has 0 spiro atoms. The second kappa shape index (κ2) is 16.1. The Labute approximate surface area is 127 Å². The lowest BCUT2D eigenvalue weighted by Gasteiger charge is -2.04. The monoisotopic (exact) mass is 310 g/mol. The number of rotatable bonds is 14. The molecule has 0 fully saturated rings. The Hall–Kier alpha value is 0.0700. The standard InChI is InChI=1S/C14H27ClO3S/c15-14(16)18-12-11-17-10-8-6-4-2-1-3-5-7-9-13-19/h19H,1-13H2. The van der Waals surface area contributed by atoms with E-state index in [0.29, 0.717) is 6.61 Å². The van der Waals surface area contributed by atoms with E-state index in [4.69, 9.17) is 16.3 Å². The molecular formula is C14H27ClO3S. The maximum Gasteiger partial charge on any atom is 0.403 e. The van der Waals surface area contributed by atoms with Crippen LogP contribution in [-0.4, -0.2) is 31.0 Å². The van der Waals surface area contributed by atoms with Crippen molar-refractivity contribution in [2.45, 2.75) is 57.8 Å². The largest absolute Gasteiger partial charge is 0.451 e. The molecule has 0 saturated heterocycles. The van der Waals surface area contributed by atoms with E-state index in [1.165, 1.54) is 51.4 Å². The summed E-state index contributed by atoms with van der Waals surface area (Å²) in [7, 11) is 0. The minimum atomic E-state index is -0.766. The summed E-state index contributed by atoms with van der Waals surface area (Å²) in [6.07, 6.45) is 11.5. The molecule has 0 unspecified atom stereocenters. The van der Waals surface area contributed by atoms with Crippen LogP contribution < -0.4 is 0 Å². The molecule has 0 aliphatic rings. The van der Waals surface area contributed by atoms with Crippen LogP contribution in [0.2, 0.25) is 0 Å². The van der Waals surface area contributed by atoms with Crippen LogP contribution in [0.3, 0.4) is 0 Å². The molecule has 0 heterocycles. The zero-order valence-electron chi connectivity index (χ0n) is 11.7. The summed E-state index contributed by atoms with van der Waals surface area (Å²) in [4.78, 5) is 10.2. The van der Waals surface area contributed by atoms with Gasteiger partial charge in [0.2, 0.25) is 0 Å². The van der Waals surface area contributed by atoms with Gasteiger partial charge in [-0.2, -0.15) is 12.6 Å². The zero-order valence-corrected chi connectivity index (χ0v) is 13.4. The van der Waals surface area contributed by atoms with Crippen molar-refractivity contribution in [3.8, 4) is 0 Å². The Bertz CT molecular complexity index is 203. The number of unbranched alkanes of at least 4 members (excludes halogenated alkanes) is 8. The van der Waals surface area contributed by atoms with Gasteiger partial charge in [0.15, 0.2) is 0 Å². The molecule has 0 amide bonds. The summed E-state index contributed by atoms with van der Waals surface area (Å²) in [5, 5.41) is 0. The van der Waals surface area contributed by atoms with Gasteiger partial charge in [-0.05, 0) is 18.6 Å². The predicted molar refractivity (Wildman–Crippen MR) is 83.4 cm³/mol. The normalized spacial score (nSPS) is 10.6. The van der Waals surface area contributed by atoms with Gasteiger partial charge in [-0.15, -0.1) is 0 Å². The van der Waals surface area contributed by atoms with Gasteiger partial charge in [-0.1, -0.05) is 44.9 Å². The third-order valence-corrected chi connectivity index (χ3v) is 3.32. The van der Waals surface area contributed by atoms with E-state index in [2.05, 4.69) is 17.4 Å². The van der Waals surface area contributed by atoms with E-state index in [1.807, 2.05) is 0 Å². The number of hydrogen-bond acceptors (Lipinski definition) is 4. The topological polar surface area (TPSA) is 35.5 Å². The van der Waals surface area contributed by atoms with Crippen molar-refractivity contribution in [1.29, 1.82) is 0 Å². The van der Waals surface area contributed by atoms with Gasteiger partial charge in [0.25, 0.3) is 0 Å². The van der Waals surface area contributed by atoms with Crippen LogP contribution in [0.15, 0.2) is 0 Å².